The highest BCUT2D eigenvalue weighted by Crippen LogP contribution is 2.28. The van der Waals surface area contributed by atoms with Crippen molar-refractivity contribution in [1.29, 1.82) is 0 Å². The van der Waals surface area contributed by atoms with Crippen LogP contribution in [0.15, 0.2) is 57.6 Å². The maximum atomic E-state index is 13.5. The number of amides is 2. The molecule has 0 fully saturated rings. The summed E-state index contributed by atoms with van der Waals surface area (Å²) in [7, 11) is 3.19. The number of benzene rings is 1. The van der Waals surface area contributed by atoms with Gasteiger partial charge in [-0.2, -0.15) is 0 Å². The van der Waals surface area contributed by atoms with Gasteiger partial charge in [-0.25, -0.2) is 0 Å². The van der Waals surface area contributed by atoms with Crippen LogP contribution in [-0.4, -0.2) is 55.0 Å². The van der Waals surface area contributed by atoms with E-state index in [9.17, 15) is 9.59 Å². The lowest BCUT2D eigenvalue weighted by Crippen LogP contribution is -2.46. The van der Waals surface area contributed by atoms with Gasteiger partial charge in [0.05, 0.1) is 27.0 Å². The smallest absolute Gasteiger partial charge is 0.290 e. The fraction of sp³-hybridized carbons (Fsp3) is 0.407. The van der Waals surface area contributed by atoms with E-state index in [2.05, 4.69) is 0 Å². The Kier molecular flexibility index (Phi) is 9.00. The molecule has 2 amide bonds. The standard InChI is InChI=1S/C27H34N2O6/c1-6-19(2)29(27(31)24-8-7-15-34-24)18-26(30)28(17-22-11-9-20(3)35-22)14-13-21-10-12-23(32-4)25(16-21)33-5/h7-12,15-16,19H,6,13-14,17-18H2,1-5H3. The molecular formula is C27H34N2O6. The van der Waals surface area contributed by atoms with Crippen LogP contribution in [0.5, 0.6) is 11.5 Å². The molecule has 188 valence electrons. The SMILES string of the molecule is CCC(C)N(CC(=O)N(CCc1ccc(OC)c(OC)c1)Cc1ccc(C)o1)C(=O)c1ccco1. The number of aryl methyl sites for hydroxylation is 1. The van der Waals surface area contributed by atoms with E-state index >= 15 is 0 Å². The van der Waals surface area contributed by atoms with Crippen LogP contribution in [0, 0.1) is 6.92 Å². The predicted molar refractivity (Wildman–Crippen MR) is 132 cm³/mol. The van der Waals surface area contributed by atoms with Crippen LogP contribution in [0.25, 0.3) is 0 Å². The van der Waals surface area contributed by atoms with Crippen LogP contribution in [0.3, 0.4) is 0 Å². The zero-order valence-corrected chi connectivity index (χ0v) is 21.1. The first-order valence-electron chi connectivity index (χ1n) is 11.7. The summed E-state index contributed by atoms with van der Waals surface area (Å²) in [5.74, 6) is 2.51. The molecule has 35 heavy (non-hydrogen) atoms. The topological polar surface area (TPSA) is 85.4 Å². The Morgan fingerprint density at radius 2 is 1.83 bits per heavy atom. The Morgan fingerprint density at radius 1 is 1.06 bits per heavy atom. The Bertz CT molecular complexity index is 1100. The molecule has 2 aromatic heterocycles. The molecule has 0 bridgehead atoms. The van der Waals surface area contributed by atoms with Crippen LogP contribution in [-0.2, 0) is 17.8 Å². The van der Waals surface area contributed by atoms with Gasteiger partial charge in [0, 0.05) is 12.6 Å². The maximum absolute atomic E-state index is 13.5. The molecule has 8 heteroatoms. The Hall–Kier alpha value is -3.68. The number of methoxy groups -OCH3 is 2. The quantitative estimate of drug-likeness (QED) is 0.372. The molecule has 0 aliphatic heterocycles. The minimum atomic E-state index is -0.300. The van der Waals surface area contributed by atoms with Crippen molar-refractivity contribution in [3.05, 3.63) is 71.6 Å². The second-order valence-corrected chi connectivity index (χ2v) is 8.43. The van der Waals surface area contributed by atoms with Gasteiger partial charge in [-0.15, -0.1) is 0 Å². The first kappa shape index (κ1) is 25.9. The van der Waals surface area contributed by atoms with Gasteiger partial charge in [-0.3, -0.25) is 9.59 Å². The van der Waals surface area contributed by atoms with Crippen LogP contribution in [0.2, 0.25) is 0 Å². The van der Waals surface area contributed by atoms with Crippen molar-refractivity contribution in [1.82, 2.24) is 9.80 Å². The Labute approximate surface area is 206 Å². The van der Waals surface area contributed by atoms with Crippen molar-refractivity contribution in [2.75, 3.05) is 27.3 Å². The molecule has 0 aliphatic rings. The third kappa shape index (κ3) is 6.68. The summed E-state index contributed by atoms with van der Waals surface area (Å²) in [4.78, 5) is 29.9. The first-order chi connectivity index (χ1) is 16.9. The lowest BCUT2D eigenvalue weighted by Gasteiger charge is -2.30. The summed E-state index contributed by atoms with van der Waals surface area (Å²) in [6.45, 7) is 6.47. The number of furan rings is 2. The van der Waals surface area contributed by atoms with Gasteiger partial charge in [0.1, 0.15) is 18.1 Å². The van der Waals surface area contributed by atoms with Crippen molar-refractivity contribution in [2.24, 2.45) is 0 Å². The molecule has 0 radical (unpaired) electrons. The van der Waals surface area contributed by atoms with Gasteiger partial charge in [-0.05, 0) is 68.7 Å². The van der Waals surface area contributed by atoms with E-state index in [1.165, 1.54) is 6.26 Å². The molecule has 1 aromatic carbocycles. The minimum absolute atomic E-state index is 0.0554. The van der Waals surface area contributed by atoms with Crippen LogP contribution in [0.1, 0.15) is 47.9 Å². The molecule has 3 rings (SSSR count). The maximum Gasteiger partial charge on any atom is 0.290 e. The third-order valence-electron chi connectivity index (χ3n) is 6.04. The van der Waals surface area contributed by atoms with Crippen molar-refractivity contribution in [3.63, 3.8) is 0 Å². The van der Waals surface area contributed by atoms with Crippen molar-refractivity contribution < 1.29 is 27.9 Å². The summed E-state index contributed by atoms with van der Waals surface area (Å²) >= 11 is 0. The normalized spacial score (nSPS) is 11.7. The highest BCUT2D eigenvalue weighted by atomic mass is 16.5. The van der Waals surface area contributed by atoms with Gasteiger partial charge in [0.25, 0.3) is 5.91 Å². The van der Waals surface area contributed by atoms with Crippen LogP contribution in [0.4, 0.5) is 0 Å². The predicted octanol–water partition coefficient (Wildman–Crippen LogP) is 4.71. The average molecular weight is 483 g/mol. The largest absolute Gasteiger partial charge is 0.493 e. The fourth-order valence-corrected chi connectivity index (χ4v) is 3.79. The van der Waals surface area contributed by atoms with Crippen molar-refractivity contribution in [3.8, 4) is 11.5 Å². The van der Waals surface area contributed by atoms with E-state index < -0.39 is 0 Å². The van der Waals surface area contributed by atoms with Gasteiger partial charge in [0.15, 0.2) is 17.3 Å². The highest BCUT2D eigenvalue weighted by molar-refractivity contribution is 5.94. The monoisotopic (exact) mass is 482 g/mol. The number of hydrogen-bond donors (Lipinski definition) is 0. The average Bonchev–Trinajstić information content (AvgIpc) is 3.55. The fourth-order valence-electron chi connectivity index (χ4n) is 3.79. The van der Waals surface area contributed by atoms with E-state index in [1.54, 1.807) is 36.2 Å². The number of carbonyl (C=O) groups excluding carboxylic acids is 2. The van der Waals surface area contributed by atoms with Crippen LogP contribution >= 0.6 is 0 Å². The summed E-state index contributed by atoms with van der Waals surface area (Å²) < 4.78 is 21.8. The Morgan fingerprint density at radius 3 is 2.43 bits per heavy atom. The first-order valence-corrected chi connectivity index (χ1v) is 11.7. The summed E-state index contributed by atoms with van der Waals surface area (Å²) in [6.07, 6.45) is 2.77. The molecular weight excluding hydrogens is 448 g/mol. The lowest BCUT2D eigenvalue weighted by atomic mass is 10.1. The highest BCUT2D eigenvalue weighted by Gasteiger charge is 2.27. The van der Waals surface area contributed by atoms with Crippen molar-refractivity contribution >= 4 is 11.8 Å². The van der Waals surface area contributed by atoms with E-state index in [1.807, 2.05) is 51.1 Å². The van der Waals surface area contributed by atoms with Crippen LogP contribution < -0.4 is 9.47 Å². The zero-order chi connectivity index (χ0) is 25.4. The summed E-state index contributed by atoms with van der Waals surface area (Å²) in [5, 5.41) is 0. The van der Waals surface area contributed by atoms with E-state index in [0.717, 1.165) is 11.3 Å². The second kappa shape index (κ2) is 12.1. The molecule has 0 aliphatic carbocycles. The molecule has 1 atom stereocenters. The molecule has 0 saturated heterocycles. The number of hydrogen-bond acceptors (Lipinski definition) is 6. The zero-order valence-electron chi connectivity index (χ0n) is 21.1. The number of nitrogens with zero attached hydrogens (tertiary/aromatic N) is 2. The molecule has 8 nitrogen and oxygen atoms in total. The molecule has 0 saturated carbocycles. The second-order valence-electron chi connectivity index (χ2n) is 8.43. The summed E-state index contributed by atoms with van der Waals surface area (Å²) in [5.41, 5.74) is 1.00. The number of ether oxygens (including phenoxy) is 2. The molecule has 3 aromatic rings. The van der Waals surface area contributed by atoms with Gasteiger partial charge < -0.3 is 28.1 Å². The van der Waals surface area contributed by atoms with E-state index in [4.69, 9.17) is 18.3 Å². The minimum Gasteiger partial charge on any atom is -0.493 e. The number of carbonyl (C=O) groups is 2. The van der Waals surface area contributed by atoms with Gasteiger partial charge >= 0.3 is 0 Å². The molecule has 0 N–H and O–H groups in total. The van der Waals surface area contributed by atoms with Gasteiger partial charge in [0.2, 0.25) is 5.91 Å². The van der Waals surface area contributed by atoms with Crippen molar-refractivity contribution in [2.45, 2.75) is 46.2 Å². The Balaban J connectivity index is 1.79. The molecule has 2 heterocycles. The lowest BCUT2D eigenvalue weighted by molar-refractivity contribution is -0.133. The van der Waals surface area contributed by atoms with E-state index in [0.29, 0.717) is 43.2 Å². The molecule has 1 unspecified atom stereocenters. The number of rotatable bonds is 12. The molecule has 0 spiro atoms. The van der Waals surface area contributed by atoms with E-state index in [-0.39, 0.29) is 30.2 Å². The third-order valence-corrected chi connectivity index (χ3v) is 6.04. The van der Waals surface area contributed by atoms with Gasteiger partial charge in [-0.1, -0.05) is 13.0 Å². The summed E-state index contributed by atoms with van der Waals surface area (Å²) in [6, 6.07) is 12.6.